The van der Waals surface area contributed by atoms with Crippen LogP contribution in [0.2, 0.25) is 0 Å². The van der Waals surface area contributed by atoms with Crippen LogP contribution < -0.4 is 5.73 Å². The Labute approximate surface area is 154 Å². The molecule has 26 heavy (non-hydrogen) atoms. The number of carbonyl (C=O) groups excluding carboxylic acids is 1. The fourth-order valence-electron chi connectivity index (χ4n) is 3.21. The summed E-state index contributed by atoms with van der Waals surface area (Å²) >= 11 is 0. The number of allylic oxidation sites excluding steroid dienone is 1. The third-order valence-electron chi connectivity index (χ3n) is 4.79. The van der Waals surface area contributed by atoms with E-state index in [9.17, 15) is 4.79 Å². The van der Waals surface area contributed by atoms with Gasteiger partial charge in [0.25, 0.3) is 0 Å². The number of nitrogens with zero attached hydrogens (tertiary/aromatic N) is 4. The van der Waals surface area contributed by atoms with Crippen molar-refractivity contribution in [1.82, 2.24) is 19.8 Å². The molecule has 1 unspecified atom stereocenters. The Morgan fingerprint density at radius 1 is 1.35 bits per heavy atom. The average molecular weight is 351 g/mol. The summed E-state index contributed by atoms with van der Waals surface area (Å²) in [6.45, 7) is 4.08. The van der Waals surface area contributed by atoms with Gasteiger partial charge in [-0.1, -0.05) is 30.3 Å². The van der Waals surface area contributed by atoms with Gasteiger partial charge in [-0.15, -0.1) is 0 Å². The second-order valence-electron chi connectivity index (χ2n) is 6.73. The number of rotatable bonds is 5. The summed E-state index contributed by atoms with van der Waals surface area (Å²) in [6.07, 6.45) is 4.36. The van der Waals surface area contributed by atoms with E-state index >= 15 is 0 Å². The molecule has 1 fully saturated rings. The highest BCUT2D eigenvalue weighted by atomic mass is 16.2. The van der Waals surface area contributed by atoms with E-state index in [1.165, 1.54) is 0 Å². The number of nitrogen functional groups attached to an aromatic ring is 1. The van der Waals surface area contributed by atoms with Crippen LogP contribution >= 0.6 is 0 Å². The summed E-state index contributed by atoms with van der Waals surface area (Å²) in [5.41, 5.74) is 7.78. The molecule has 1 aliphatic rings. The van der Waals surface area contributed by atoms with E-state index in [0.717, 1.165) is 30.6 Å². The molecule has 1 amide bonds. The van der Waals surface area contributed by atoms with Crippen molar-refractivity contribution in [2.45, 2.75) is 25.9 Å². The third kappa shape index (κ3) is 4.46. The Balaban J connectivity index is 1.58. The van der Waals surface area contributed by atoms with Gasteiger partial charge in [-0.25, -0.2) is 9.97 Å². The van der Waals surface area contributed by atoms with Gasteiger partial charge in [0.15, 0.2) is 0 Å². The molecule has 136 valence electrons. The molecule has 1 aromatic heterocycles. The number of nitrogens with two attached hydrogens (primary N) is 1. The van der Waals surface area contributed by atoms with Crippen LogP contribution in [0.5, 0.6) is 0 Å². The van der Waals surface area contributed by atoms with Crippen LogP contribution in [-0.2, 0) is 11.3 Å². The van der Waals surface area contributed by atoms with Crippen molar-refractivity contribution < 1.29 is 4.79 Å². The van der Waals surface area contributed by atoms with Gasteiger partial charge < -0.3 is 10.6 Å². The Bertz CT molecular complexity index is 790. The van der Waals surface area contributed by atoms with E-state index in [1.807, 2.05) is 49.2 Å². The van der Waals surface area contributed by atoms with Crippen molar-refractivity contribution in [2.75, 3.05) is 25.9 Å². The molecule has 0 radical (unpaired) electrons. The largest absolute Gasteiger partial charge is 0.384 e. The average Bonchev–Trinajstić information content (AvgIpc) is 3.13. The summed E-state index contributed by atoms with van der Waals surface area (Å²) in [5.74, 6) is 1.26. The normalized spacial score (nSPS) is 17.7. The van der Waals surface area contributed by atoms with Crippen LogP contribution in [0.4, 0.5) is 5.82 Å². The Morgan fingerprint density at radius 3 is 2.85 bits per heavy atom. The van der Waals surface area contributed by atoms with Gasteiger partial charge in [0.1, 0.15) is 11.6 Å². The summed E-state index contributed by atoms with van der Waals surface area (Å²) in [7, 11) is 2.04. The molecule has 1 saturated heterocycles. The van der Waals surface area contributed by atoms with Gasteiger partial charge in [-0.3, -0.25) is 9.69 Å². The summed E-state index contributed by atoms with van der Waals surface area (Å²) in [5, 5.41) is 0. The first-order valence-corrected chi connectivity index (χ1v) is 8.83. The second kappa shape index (κ2) is 8.10. The highest BCUT2D eigenvalue weighted by molar-refractivity contribution is 5.95. The summed E-state index contributed by atoms with van der Waals surface area (Å²) in [6, 6.07) is 12.0. The Kier molecular flexibility index (Phi) is 5.63. The lowest BCUT2D eigenvalue weighted by molar-refractivity contribution is -0.125. The maximum absolute atomic E-state index is 12.6. The predicted octanol–water partition coefficient (Wildman–Crippen LogP) is 2.19. The number of benzene rings is 1. The Morgan fingerprint density at radius 2 is 2.12 bits per heavy atom. The van der Waals surface area contributed by atoms with Crippen molar-refractivity contribution in [2.24, 2.45) is 0 Å². The fourth-order valence-corrected chi connectivity index (χ4v) is 3.21. The lowest BCUT2D eigenvalue weighted by Gasteiger charge is -2.23. The van der Waals surface area contributed by atoms with Crippen LogP contribution in [0.3, 0.4) is 0 Å². The van der Waals surface area contributed by atoms with E-state index in [2.05, 4.69) is 14.9 Å². The zero-order valence-electron chi connectivity index (χ0n) is 15.3. The zero-order valence-corrected chi connectivity index (χ0v) is 15.3. The molecular weight excluding hydrogens is 326 g/mol. The third-order valence-corrected chi connectivity index (χ3v) is 4.79. The maximum Gasteiger partial charge on any atom is 0.246 e. The number of anilines is 1. The highest BCUT2D eigenvalue weighted by Gasteiger charge is 2.28. The van der Waals surface area contributed by atoms with Crippen LogP contribution in [0, 0.1) is 0 Å². The topological polar surface area (TPSA) is 75.4 Å². The van der Waals surface area contributed by atoms with E-state index in [4.69, 9.17) is 5.73 Å². The van der Waals surface area contributed by atoms with Crippen molar-refractivity contribution >= 4 is 17.3 Å². The first-order chi connectivity index (χ1) is 12.5. The van der Waals surface area contributed by atoms with Crippen LogP contribution in [-0.4, -0.2) is 51.9 Å². The molecule has 2 heterocycles. The monoisotopic (exact) mass is 351 g/mol. The van der Waals surface area contributed by atoms with Crippen molar-refractivity contribution in [1.29, 1.82) is 0 Å². The number of amides is 1. The molecule has 0 bridgehead atoms. The van der Waals surface area contributed by atoms with Crippen molar-refractivity contribution in [3.8, 4) is 0 Å². The molecule has 0 spiro atoms. The predicted molar refractivity (Wildman–Crippen MR) is 103 cm³/mol. The van der Waals surface area contributed by atoms with Crippen molar-refractivity contribution in [3.63, 3.8) is 0 Å². The minimum absolute atomic E-state index is 0.0717. The quantitative estimate of drug-likeness (QED) is 0.836. The number of carbonyl (C=O) groups is 1. The number of hydrogen-bond donors (Lipinski definition) is 1. The van der Waals surface area contributed by atoms with Gasteiger partial charge in [0.05, 0.1) is 6.54 Å². The molecule has 2 N–H and O–H groups in total. The van der Waals surface area contributed by atoms with Gasteiger partial charge in [-0.05, 0) is 37.6 Å². The number of likely N-dealkylation sites (tertiary alicyclic amines) is 1. The van der Waals surface area contributed by atoms with E-state index in [1.54, 1.807) is 18.3 Å². The molecule has 2 aromatic rings. The van der Waals surface area contributed by atoms with E-state index < -0.39 is 0 Å². The van der Waals surface area contributed by atoms with E-state index in [-0.39, 0.29) is 5.91 Å². The van der Waals surface area contributed by atoms with Gasteiger partial charge in [-0.2, -0.15) is 0 Å². The SMILES string of the molecule is CC(=CC(=O)N1CCC(N(C)Cc2nccc(N)n2)C1)c1ccccc1. The van der Waals surface area contributed by atoms with Gasteiger partial charge in [0.2, 0.25) is 5.91 Å². The summed E-state index contributed by atoms with van der Waals surface area (Å²) < 4.78 is 0. The number of aromatic nitrogens is 2. The maximum atomic E-state index is 12.6. The molecule has 6 nitrogen and oxygen atoms in total. The number of likely N-dealkylation sites (N-methyl/N-ethyl adjacent to an activating group) is 1. The van der Waals surface area contributed by atoms with Crippen LogP contribution in [0.15, 0.2) is 48.7 Å². The molecule has 1 aliphatic heterocycles. The van der Waals surface area contributed by atoms with E-state index in [0.29, 0.717) is 24.2 Å². The number of hydrogen-bond acceptors (Lipinski definition) is 5. The molecule has 6 heteroatoms. The minimum Gasteiger partial charge on any atom is -0.384 e. The molecule has 0 saturated carbocycles. The smallest absolute Gasteiger partial charge is 0.246 e. The zero-order chi connectivity index (χ0) is 18.5. The lowest BCUT2D eigenvalue weighted by atomic mass is 10.1. The molecule has 3 rings (SSSR count). The fraction of sp³-hybridized carbons (Fsp3) is 0.350. The molecular formula is C20H25N5O. The molecule has 0 aliphatic carbocycles. The standard InChI is InChI=1S/C20H25N5O/c1-15(16-6-4-3-5-7-16)12-20(26)25-11-9-17(13-25)24(2)14-19-22-10-8-18(21)23-19/h3-8,10,12,17H,9,11,13-14H2,1-2H3,(H2,21,22,23). The van der Waals surface area contributed by atoms with Gasteiger partial charge >= 0.3 is 0 Å². The van der Waals surface area contributed by atoms with Crippen molar-refractivity contribution in [3.05, 3.63) is 60.1 Å². The molecule has 1 aromatic carbocycles. The van der Waals surface area contributed by atoms with Crippen LogP contribution in [0.25, 0.3) is 5.57 Å². The first-order valence-electron chi connectivity index (χ1n) is 8.83. The highest BCUT2D eigenvalue weighted by Crippen LogP contribution is 2.18. The minimum atomic E-state index is 0.0717. The summed E-state index contributed by atoms with van der Waals surface area (Å²) in [4.78, 5) is 25.2. The molecule has 1 atom stereocenters. The second-order valence-corrected chi connectivity index (χ2v) is 6.73. The first kappa shape index (κ1) is 18.1. The Hall–Kier alpha value is -2.73. The van der Waals surface area contributed by atoms with Gasteiger partial charge in [0, 0.05) is 31.4 Å². The lowest BCUT2D eigenvalue weighted by Crippen LogP contribution is -2.36. The van der Waals surface area contributed by atoms with Crippen LogP contribution in [0.1, 0.15) is 24.7 Å².